The molecule has 0 spiro atoms. The predicted octanol–water partition coefficient (Wildman–Crippen LogP) is 3.13. The van der Waals surface area contributed by atoms with E-state index in [1.165, 1.54) is 12.1 Å². The van der Waals surface area contributed by atoms with Crippen LogP contribution >= 0.6 is 0 Å². The molecule has 1 aliphatic rings. The van der Waals surface area contributed by atoms with Gasteiger partial charge in [0, 0.05) is 24.2 Å². The molecule has 0 radical (unpaired) electrons. The molecule has 0 aliphatic carbocycles. The second-order valence-electron chi connectivity index (χ2n) is 5.92. The third-order valence-electron chi connectivity index (χ3n) is 4.25. The van der Waals surface area contributed by atoms with Gasteiger partial charge in [-0.05, 0) is 37.6 Å². The van der Waals surface area contributed by atoms with Crippen LogP contribution in [0.5, 0.6) is 5.75 Å². The fourth-order valence-electron chi connectivity index (χ4n) is 3.05. The van der Waals surface area contributed by atoms with Gasteiger partial charge >= 0.3 is 0 Å². The summed E-state index contributed by atoms with van der Waals surface area (Å²) in [4.78, 5) is 19.0. The van der Waals surface area contributed by atoms with Gasteiger partial charge in [0.15, 0.2) is 0 Å². The zero-order chi connectivity index (χ0) is 16.8. The Labute approximate surface area is 138 Å². The summed E-state index contributed by atoms with van der Waals surface area (Å²) in [5.41, 5.74) is 3.90. The number of aryl methyl sites for hydroxylation is 2. The maximum absolute atomic E-state index is 13.4. The molecule has 3 heterocycles. The molecule has 0 fully saturated rings. The smallest absolute Gasteiger partial charge is 0.260 e. The van der Waals surface area contributed by atoms with Gasteiger partial charge in [-0.1, -0.05) is 0 Å². The van der Waals surface area contributed by atoms with Crippen molar-refractivity contribution in [2.45, 2.75) is 13.8 Å². The highest BCUT2D eigenvalue weighted by Gasteiger charge is 2.25. The first-order valence-electron chi connectivity index (χ1n) is 7.73. The molecule has 3 aromatic rings. The number of rotatable bonds is 1. The van der Waals surface area contributed by atoms with E-state index < -0.39 is 0 Å². The number of halogens is 1. The van der Waals surface area contributed by atoms with Crippen molar-refractivity contribution in [2.75, 3.05) is 18.1 Å². The average molecular weight is 325 g/mol. The van der Waals surface area contributed by atoms with Gasteiger partial charge in [0.05, 0.1) is 17.8 Å². The molecule has 0 unspecified atom stereocenters. The Kier molecular flexibility index (Phi) is 3.26. The molecule has 1 aliphatic heterocycles. The van der Waals surface area contributed by atoms with Crippen LogP contribution in [0.15, 0.2) is 36.7 Å². The van der Waals surface area contributed by atoms with Crippen LogP contribution in [0.25, 0.3) is 5.65 Å². The van der Waals surface area contributed by atoms with Crippen LogP contribution in [-0.4, -0.2) is 28.4 Å². The summed E-state index contributed by atoms with van der Waals surface area (Å²) >= 11 is 0. The summed E-state index contributed by atoms with van der Waals surface area (Å²) < 4.78 is 20.8. The van der Waals surface area contributed by atoms with Crippen molar-refractivity contribution in [2.24, 2.45) is 0 Å². The first-order valence-corrected chi connectivity index (χ1v) is 7.73. The van der Waals surface area contributed by atoms with E-state index in [1.54, 1.807) is 23.4 Å². The fourth-order valence-corrected chi connectivity index (χ4v) is 3.05. The van der Waals surface area contributed by atoms with Gasteiger partial charge in [0.25, 0.3) is 5.91 Å². The highest BCUT2D eigenvalue weighted by atomic mass is 19.1. The van der Waals surface area contributed by atoms with Crippen molar-refractivity contribution in [3.63, 3.8) is 0 Å². The van der Waals surface area contributed by atoms with E-state index in [0.29, 0.717) is 30.2 Å². The topological polar surface area (TPSA) is 46.8 Å². The van der Waals surface area contributed by atoms with E-state index in [0.717, 1.165) is 16.9 Å². The molecule has 5 nitrogen and oxygen atoms in total. The molecule has 1 aromatic carbocycles. The van der Waals surface area contributed by atoms with E-state index >= 15 is 0 Å². The number of imidazole rings is 1. The maximum atomic E-state index is 13.4. The number of carbonyl (C=O) groups excluding carboxylic acids is 1. The third-order valence-corrected chi connectivity index (χ3v) is 4.25. The SMILES string of the molecule is Cc1cc(C(=O)N2CCOc3cc(F)ccc32)cn2c(C)cnc12. The van der Waals surface area contributed by atoms with Gasteiger partial charge in [0.1, 0.15) is 23.8 Å². The van der Waals surface area contributed by atoms with E-state index in [9.17, 15) is 9.18 Å². The molecule has 0 saturated heterocycles. The summed E-state index contributed by atoms with van der Waals surface area (Å²) in [6, 6.07) is 6.06. The number of nitrogens with zero attached hydrogens (tertiary/aromatic N) is 3. The largest absolute Gasteiger partial charge is 0.489 e. The Morgan fingerprint density at radius 3 is 2.96 bits per heavy atom. The monoisotopic (exact) mass is 325 g/mol. The number of anilines is 1. The lowest BCUT2D eigenvalue weighted by Gasteiger charge is -2.29. The molecule has 0 saturated carbocycles. The average Bonchev–Trinajstić information content (AvgIpc) is 2.95. The van der Waals surface area contributed by atoms with Crippen LogP contribution in [0.3, 0.4) is 0 Å². The zero-order valence-corrected chi connectivity index (χ0v) is 13.4. The second kappa shape index (κ2) is 5.33. The minimum atomic E-state index is -0.380. The minimum absolute atomic E-state index is 0.135. The Balaban J connectivity index is 1.79. The van der Waals surface area contributed by atoms with Crippen molar-refractivity contribution < 1.29 is 13.9 Å². The van der Waals surface area contributed by atoms with Crippen molar-refractivity contribution in [1.29, 1.82) is 0 Å². The number of hydrogen-bond acceptors (Lipinski definition) is 3. The van der Waals surface area contributed by atoms with Gasteiger partial charge in [-0.15, -0.1) is 0 Å². The molecule has 24 heavy (non-hydrogen) atoms. The van der Waals surface area contributed by atoms with Gasteiger partial charge in [-0.3, -0.25) is 4.79 Å². The zero-order valence-electron chi connectivity index (χ0n) is 13.4. The highest BCUT2D eigenvalue weighted by molar-refractivity contribution is 6.07. The van der Waals surface area contributed by atoms with Crippen LogP contribution in [-0.2, 0) is 0 Å². The molecule has 0 bridgehead atoms. The fraction of sp³-hybridized carbons (Fsp3) is 0.222. The van der Waals surface area contributed by atoms with Gasteiger partial charge in [-0.2, -0.15) is 0 Å². The van der Waals surface area contributed by atoms with Crippen LogP contribution in [0.4, 0.5) is 10.1 Å². The lowest BCUT2D eigenvalue weighted by Crippen LogP contribution is -2.38. The second-order valence-corrected chi connectivity index (χ2v) is 5.92. The number of ether oxygens (including phenoxy) is 1. The Morgan fingerprint density at radius 2 is 2.12 bits per heavy atom. The van der Waals surface area contributed by atoms with E-state index in [2.05, 4.69) is 4.98 Å². The quantitative estimate of drug-likeness (QED) is 0.690. The molecular formula is C18H16FN3O2. The normalized spacial score (nSPS) is 13.7. The van der Waals surface area contributed by atoms with Crippen LogP contribution < -0.4 is 9.64 Å². The number of benzene rings is 1. The summed E-state index contributed by atoms with van der Waals surface area (Å²) in [5, 5.41) is 0. The Morgan fingerprint density at radius 1 is 1.29 bits per heavy atom. The number of amides is 1. The van der Waals surface area contributed by atoms with E-state index in [4.69, 9.17) is 4.74 Å². The van der Waals surface area contributed by atoms with Crippen molar-refractivity contribution >= 4 is 17.2 Å². The van der Waals surface area contributed by atoms with E-state index in [-0.39, 0.29) is 11.7 Å². The molecule has 0 N–H and O–H groups in total. The summed E-state index contributed by atoms with van der Waals surface area (Å²) in [6.07, 6.45) is 3.58. The number of pyridine rings is 1. The van der Waals surface area contributed by atoms with Crippen LogP contribution in [0.1, 0.15) is 21.6 Å². The maximum Gasteiger partial charge on any atom is 0.260 e. The van der Waals surface area contributed by atoms with Gasteiger partial charge in [0.2, 0.25) is 0 Å². The number of aromatic nitrogens is 2. The van der Waals surface area contributed by atoms with Gasteiger partial charge in [-0.25, -0.2) is 9.37 Å². The lowest BCUT2D eigenvalue weighted by atomic mass is 10.1. The molecule has 122 valence electrons. The third kappa shape index (κ3) is 2.22. The Hall–Kier alpha value is -2.89. The standard InChI is InChI=1S/C18H16FN3O2/c1-11-7-13(10-22-12(2)9-20-17(11)22)18(23)21-5-6-24-16-8-14(19)3-4-15(16)21/h3-4,7-10H,5-6H2,1-2H3. The molecule has 4 rings (SSSR count). The summed E-state index contributed by atoms with van der Waals surface area (Å²) in [5.74, 6) is -0.121. The summed E-state index contributed by atoms with van der Waals surface area (Å²) in [6.45, 7) is 4.65. The van der Waals surface area contributed by atoms with Crippen molar-refractivity contribution in [3.8, 4) is 5.75 Å². The van der Waals surface area contributed by atoms with Crippen molar-refractivity contribution in [3.05, 3.63) is 59.3 Å². The molecule has 2 aromatic heterocycles. The number of hydrogen-bond donors (Lipinski definition) is 0. The number of carbonyl (C=O) groups is 1. The molecule has 0 atom stereocenters. The molecular weight excluding hydrogens is 309 g/mol. The highest BCUT2D eigenvalue weighted by Crippen LogP contribution is 2.33. The lowest BCUT2D eigenvalue weighted by molar-refractivity contribution is 0.0976. The minimum Gasteiger partial charge on any atom is -0.489 e. The first kappa shape index (κ1) is 14.7. The van der Waals surface area contributed by atoms with Crippen molar-refractivity contribution in [1.82, 2.24) is 9.38 Å². The van der Waals surface area contributed by atoms with Gasteiger partial charge < -0.3 is 14.0 Å². The summed E-state index contributed by atoms with van der Waals surface area (Å²) in [7, 11) is 0. The van der Waals surface area contributed by atoms with Crippen LogP contribution in [0.2, 0.25) is 0 Å². The molecule has 1 amide bonds. The van der Waals surface area contributed by atoms with E-state index in [1.807, 2.05) is 24.3 Å². The predicted molar refractivity (Wildman–Crippen MR) is 88.2 cm³/mol. The first-order chi connectivity index (χ1) is 11.5. The Bertz CT molecular complexity index is 964. The molecule has 6 heteroatoms. The van der Waals surface area contributed by atoms with Crippen LogP contribution in [0, 0.1) is 19.7 Å². The number of fused-ring (bicyclic) bond motifs is 2.